The van der Waals surface area contributed by atoms with Gasteiger partial charge in [0.05, 0.1) is 0 Å². The van der Waals surface area contributed by atoms with Crippen molar-refractivity contribution >= 4 is 0 Å². The van der Waals surface area contributed by atoms with E-state index in [0.29, 0.717) is 6.07 Å². The van der Waals surface area contributed by atoms with Crippen LogP contribution in [0.2, 0.25) is 0 Å². The summed E-state index contributed by atoms with van der Waals surface area (Å²) in [5, 5.41) is 0. The number of rotatable bonds is 4. The van der Waals surface area contributed by atoms with Gasteiger partial charge in [0, 0.05) is 24.1 Å². The Balaban J connectivity index is 2.55. The Kier molecular flexibility index (Phi) is 4.45. The maximum Gasteiger partial charge on any atom is 0.389 e. The van der Waals surface area contributed by atoms with Crippen molar-refractivity contribution < 1.29 is 22.0 Å². The summed E-state index contributed by atoms with van der Waals surface area (Å²) in [6.07, 6.45) is -5.37. The molecule has 1 rings (SSSR count). The minimum absolute atomic E-state index is 0.00205. The summed E-state index contributed by atoms with van der Waals surface area (Å²) >= 11 is 0. The first-order valence-electron chi connectivity index (χ1n) is 5.07. The van der Waals surface area contributed by atoms with Crippen molar-refractivity contribution in [1.82, 2.24) is 0 Å². The summed E-state index contributed by atoms with van der Waals surface area (Å²) in [6.45, 7) is 0. The maximum atomic E-state index is 13.2. The molecule has 0 aliphatic heterocycles. The fourth-order valence-electron chi connectivity index (χ4n) is 1.48. The fraction of sp³-hybridized carbons (Fsp3) is 0.455. The lowest BCUT2D eigenvalue weighted by Gasteiger charge is -2.13. The van der Waals surface area contributed by atoms with Crippen LogP contribution < -0.4 is 5.73 Å². The van der Waals surface area contributed by atoms with Crippen molar-refractivity contribution in [3.63, 3.8) is 0 Å². The van der Waals surface area contributed by atoms with Gasteiger partial charge in [-0.1, -0.05) is 6.07 Å². The van der Waals surface area contributed by atoms with Gasteiger partial charge < -0.3 is 5.73 Å². The van der Waals surface area contributed by atoms with Crippen LogP contribution in [0.1, 0.15) is 30.9 Å². The Hall–Kier alpha value is -1.17. The van der Waals surface area contributed by atoms with Crippen LogP contribution in [-0.4, -0.2) is 6.18 Å². The van der Waals surface area contributed by atoms with E-state index in [4.69, 9.17) is 5.73 Å². The molecular weight excluding hydrogens is 241 g/mol. The van der Waals surface area contributed by atoms with Crippen LogP contribution in [0.25, 0.3) is 0 Å². The van der Waals surface area contributed by atoms with Gasteiger partial charge in [0.25, 0.3) is 0 Å². The van der Waals surface area contributed by atoms with Gasteiger partial charge in [-0.25, -0.2) is 8.78 Å². The molecule has 0 aliphatic carbocycles. The summed E-state index contributed by atoms with van der Waals surface area (Å²) in [7, 11) is 0. The van der Waals surface area contributed by atoms with E-state index in [1.54, 1.807) is 0 Å². The van der Waals surface area contributed by atoms with E-state index in [0.717, 1.165) is 12.1 Å². The van der Waals surface area contributed by atoms with E-state index in [1.807, 2.05) is 0 Å². The van der Waals surface area contributed by atoms with Gasteiger partial charge in [-0.05, 0) is 18.9 Å². The second-order valence-electron chi connectivity index (χ2n) is 3.78. The summed E-state index contributed by atoms with van der Waals surface area (Å²) in [5.41, 5.74) is 5.58. The summed E-state index contributed by atoms with van der Waals surface area (Å²) in [5.74, 6) is -1.57. The van der Waals surface area contributed by atoms with Gasteiger partial charge in [-0.3, -0.25) is 0 Å². The molecule has 1 aromatic rings. The number of benzene rings is 1. The molecular formula is C11H12F5N. The minimum Gasteiger partial charge on any atom is -0.324 e. The average Bonchev–Trinajstić information content (AvgIpc) is 2.15. The molecule has 0 amide bonds. The third kappa shape index (κ3) is 4.68. The summed E-state index contributed by atoms with van der Waals surface area (Å²) in [6, 6.07) is 2.00. The molecule has 0 saturated heterocycles. The predicted octanol–water partition coefficient (Wildman–Crippen LogP) is 3.70. The fourth-order valence-corrected chi connectivity index (χ4v) is 1.48. The SMILES string of the molecule is NC(CCCC(F)(F)F)c1ccc(F)cc1F. The van der Waals surface area contributed by atoms with Crippen molar-refractivity contribution in [2.75, 3.05) is 0 Å². The second kappa shape index (κ2) is 5.44. The van der Waals surface area contributed by atoms with Gasteiger partial charge in [0.2, 0.25) is 0 Å². The van der Waals surface area contributed by atoms with Crippen molar-refractivity contribution in [2.24, 2.45) is 5.73 Å². The van der Waals surface area contributed by atoms with Crippen molar-refractivity contribution in [3.8, 4) is 0 Å². The molecule has 2 N–H and O–H groups in total. The highest BCUT2D eigenvalue weighted by Crippen LogP contribution is 2.26. The first-order valence-corrected chi connectivity index (χ1v) is 5.07. The van der Waals surface area contributed by atoms with Gasteiger partial charge in [0.1, 0.15) is 11.6 Å². The molecule has 0 fully saturated rings. The molecule has 0 aliphatic rings. The molecule has 1 atom stereocenters. The predicted molar refractivity (Wildman–Crippen MR) is 53.2 cm³/mol. The molecule has 1 aromatic carbocycles. The van der Waals surface area contributed by atoms with Crippen molar-refractivity contribution in [2.45, 2.75) is 31.5 Å². The molecule has 0 aromatic heterocycles. The zero-order valence-corrected chi connectivity index (χ0v) is 8.90. The Morgan fingerprint density at radius 2 is 1.82 bits per heavy atom. The van der Waals surface area contributed by atoms with Crippen LogP contribution in [0.3, 0.4) is 0 Å². The third-order valence-electron chi connectivity index (χ3n) is 2.34. The van der Waals surface area contributed by atoms with E-state index >= 15 is 0 Å². The number of hydrogen-bond acceptors (Lipinski definition) is 1. The van der Waals surface area contributed by atoms with Crippen molar-refractivity contribution in [3.05, 3.63) is 35.4 Å². The lowest BCUT2D eigenvalue weighted by atomic mass is 10.0. The molecule has 17 heavy (non-hydrogen) atoms. The smallest absolute Gasteiger partial charge is 0.324 e. The Labute approximate surface area is 95.4 Å². The Morgan fingerprint density at radius 3 is 2.35 bits per heavy atom. The van der Waals surface area contributed by atoms with Crippen LogP contribution >= 0.6 is 0 Å². The number of nitrogens with two attached hydrogens (primary N) is 1. The zero-order chi connectivity index (χ0) is 13.1. The molecule has 0 saturated carbocycles. The van der Waals surface area contributed by atoms with Crippen LogP contribution in [0, 0.1) is 11.6 Å². The van der Waals surface area contributed by atoms with Crippen LogP contribution in [0.4, 0.5) is 22.0 Å². The highest BCUT2D eigenvalue weighted by atomic mass is 19.4. The molecule has 0 spiro atoms. The van der Waals surface area contributed by atoms with Crippen LogP contribution in [-0.2, 0) is 0 Å². The monoisotopic (exact) mass is 253 g/mol. The first kappa shape index (κ1) is 13.9. The Bertz CT molecular complexity index is 375. The maximum absolute atomic E-state index is 13.2. The first-order chi connectivity index (χ1) is 7.79. The van der Waals surface area contributed by atoms with Gasteiger partial charge in [-0.15, -0.1) is 0 Å². The molecule has 1 nitrogen and oxygen atoms in total. The number of alkyl halides is 3. The van der Waals surface area contributed by atoms with Gasteiger partial charge >= 0.3 is 6.18 Å². The lowest BCUT2D eigenvalue weighted by molar-refractivity contribution is -0.135. The molecule has 0 heterocycles. The van der Waals surface area contributed by atoms with E-state index in [2.05, 4.69) is 0 Å². The molecule has 96 valence electrons. The van der Waals surface area contributed by atoms with Gasteiger partial charge in [0.15, 0.2) is 0 Å². The second-order valence-corrected chi connectivity index (χ2v) is 3.78. The van der Waals surface area contributed by atoms with Crippen LogP contribution in [0.15, 0.2) is 18.2 Å². The quantitative estimate of drug-likeness (QED) is 0.813. The third-order valence-corrected chi connectivity index (χ3v) is 2.34. The minimum atomic E-state index is -4.24. The topological polar surface area (TPSA) is 26.0 Å². The van der Waals surface area contributed by atoms with Crippen molar-refractivity contribution in [1.29, 1.82) is 0 Å². The lowest BCUT2D eigenvalue weighted by Crippen LogP contribution is -2.14. The average molecular weight is 253 g/mol. The normalized spacial score (nSPS) is 13.8. The highest BCUT2D eigenvalue weighted by molar-refractivity contribution is 5.21. The molecule has 1 unspecified atom stereocenters. The summed E-state index contributed by atoms with van der Waals surface area (Å²) < 4.78 is 61.4. The molecule has 6 heteroatoms. The van der Waals surface area contributed by atoms with Crippen LogP contribution in [0.5, 0.6) is 0 Å². The Morgan fingerprint density at radius 1 is 1.18 bits per heavy atom. The number of halogens is 5. The summed E-state index contributed by atoms with van der Waals surface area (Å²) in [4.78, 5) is 0. The largest absolute Gasteiger partial charge is 0.389 e. The van der Waals surface area contributed by atoms with E-state index in [1.165, 1.54) is 0 Å². The van der Waals surface area contributed by atoms with E-state index in [9.17, 15) is 22.0 Å². The molecule has 0 radical (unpaired) electrons. The highest BCUT2D eigenvalue weighted by Gasteiger charge is 2.26. The zero-order valence-electron chi connectivity index (χ0n) is 8.90. The number of hydrogen-bond donors (Lipinski definition) is 1. The molecule has 0 bridgehead atoms. The van der Waals surface area contributed by atoms with E-state index < -0.39 is 30.3 Å². The van der Waals surface area contributed by atoms with E-state index in [-0.39, 0.29) is 18.4 Å². The standard InChI is InChI=1S/C11H12F5N/c12-7-3-4-8(9(13)6-7)10(17)2-1-5-11(14,15)16/h3-4,6,10H,1-2,5,17H2. The van der Waals surface area contributed by atoms with Gasteiger partial charge in [-0.2, -0.15) is 13.2 Å².